The molecule has 1 aromatic carbocycles. The molecule has 2 N–H and O–H groups in total. The molecule has 1 fully saturated rings. The summed E-state index contributed by atoms with van der Waals surface area (Å²) in [4.78, 5) is 12.3. The molecule has 1 amide bonds. The molecule has 4 heteroatoms. The fraction of sp³-hybridized carbons (Fsp3) is 0.562. The van der Waals surface area contributed by atoms with Gasteiger partial charge < -0.3 is 10.6 Å². The summed E-state index contributed by atoms with van der Waals surface area (Å²) in [5, 5.41) is 6.39. The van der Waals surface area contributed by atoms with Crippen LogP contribution in [0.5, 0.6) is 0 Å². The number of benzene rings is 1. The summed E-state index contributed by atoms with van der Waals surface area (Å²) in [5.74, 6) is 0.187. The molecule has 0 aliphatic carbocycles. The van der Waals surface area contributed by atoms with Gasteiger partial charge in [0.1, 0.15) is 0 Å². The van der Waals surface area contributed by atoms with Crippen molar-refractivity contribution < 1.29 is 4.79 Å². The Kier molecular flexibility index (Phi) is 6.03. The number of halogens is 1. The van der Waals surface area contributed by atoms with E-state index in [1.807, 2.05) is 0 Å². The van der Waals surface area contributed by atoms with Gasteiger partial charge in [-0.05, 0) is 56.5 Å². The van der Waals surface area contributed by atoms with Crippen molar-refractivity contribution in [1.29, 1.82) is 0 Å². The zero-order valence-electron chi connectivity index (χ0n) is 12.6. The van der Waals surface area contributed by atoms with Gasteiger partial charge in [-0.2, -0.15) is 0 Å². The lowest BCUT2D eigenvalue weighted by atomic mass is 9.80. The van der Waals surface area contributed by atoms with Crippen LogP contribution in [0.2, 0.25) is 0 Å². The Balaban J connectivity index is 0.00000200. The Bertz CT molecular complexity index is 468. The Morgan fingerprint density at radius 2 is 1.90 bits per heavy atom. The van der Waals surface area contributed by atoms with Crippen LogP contribution in [0, 0.1) is 19.3 Å². The normalized spacial score (nSPS) is 17.1. The fourth-order valence-electron chi connectivity index (χ4n) is 2.51. The molecule has 0 radical (unpaired) electrons. The van der Waals surface area contributed by atoms with Crippen molar-refractivity contribution in [2.45, 2.75) is 40.2 Å². The second kappa shape index (κ2) is 7.09. The van der Waals surface area contributed by atoms with Crippen molar-refractivity contribution in [2.24, 2.45) is 5.41 Å². The molecular weight excluding hydrogens is 272 g/mol. The quantitative estimate of drug-likeness (QED) is 0.900. The SMILES string of the molecule is Cc1ccc(CNC(=O)C2(C)CCNCC2)cc1C.Cl. The van der Waals surface area contributed by atoms with Crippen molar-refractivity contribution in [3.63, 3.8) is 0 Å². The third-order valence-corrected chi connectivity index (χ3v) is 4.28. The van der Waals surface area contributed by atoms with Gasteiger partial charge in [-0.25, -0.2) is 0 Å². The van der Waals surface area contributed by atoms with Crippen molar-refractivity contribution >= 4 is 18.3 Å². The van der Waals surface area contributed by atoms with E-state index < -0.39 is 0 Å². The molecule has 1 saturated heterocycles. The van der Waals surface area contributed by atoms with Crippen molar-refractivity contribution in [3.05, 3.63) is 34.9 Å². The molecule has 1 aliphatic rings. The largest absolute Gasteiger partial charge is 0.352 e. The zero-order valence-corrected chi connectivity index (χ0v) is 13.4. The van der Waals surface area contributed by atoms with Gasteiger partial charge in [0.25, 0.3) is 0 Å². The van der Waals surface area contributed by atoms with Gasteiger partial charge in [0.05, 0.1) is 0 Å². The first kappa shape index (κ1) is 17.0. The number of hydrogen-bond acceptors (Lipinski definition) is 2. The smallest absolute Gasteiger partial charge is 0.226 e. The standard InChI is InChI=1S/C16H24N2O.ClH/c1-12-4-5-14(10-13(12)2)11-18-15(19)16(3)6-8-17-9-7-16;/h4-5,10,17H,6-9,11H2,1-3H3,(H,18,19);1H. The molecule has 3 nitrogen and oxygen atoms in total. The minimum atomic E-state index is -0.203. The first-order valence-corrected chi connectivity index (χ1v) is 7.06. The van der Waals surface area contributed by atoms with Crippen molar-refractivity contribution in [2.75, 3.05) is 13.1 Å². The van der Waals surface area contributed by atoms with E-state index in [4.69, 9.17) is 0 Å². The number of hydrogen-bond donors (Lipinski definition) is 2. The summed E-state index contributed by atoms with van der Waals surface area (Å²) in [6.45, 7) is 8.79. The van der Waals surface area contributed by atoms with Crippen LogP contribution in [-0.4, -0.2) is 19.0 Å². The summed E-state index contributed by atoms with van der Waals surface area (Å²) < 4.78 is 0. The van der Waals surface area contributed by atoms with Gasteiger partial charge in [0, 0.05) is 12.0 Å². The number of rotatable bonds is 3. The molecule has 20 heavy (non-hydrogen) atoms. The van der Waals surface area contributed by atoms with Gasteiger partial charge in [-0.15, -0.1) is 12.4 Å². The van der Waals surface area contributed by atoms with E-state index in [9.17, 15) is 4.79 Å². The zero-order chi connectivity index (χ0) is 13.9. The Morgan fingerprint density at radius 1 is 1.25 bits per heavy atom. The Hall–Kier alpha value is -1.06. The second-order valence-corrected chi connectivity index (χ2v) is 5.91. The Morgan fingerprint density at radius 3 is 2.50 bits per heavy atom. The van der Waals surface area contributed by atoms with Gasteiger partial charge >= 0.3 is 0 Å². The average molecular weight is 297 g/mol. The fourth-order valence-corrected chi connectivity index (χ4v) is 2.51. The first-order valence-electron chi connectivity index (χ1n) is 7.06. The van der Waals surface area contributed by atoms with Gasteiger partial charge in [-0.3, -0.25) is 4.79 Å². The third kappa shape index (κ3) is 3.97. The van der Waals surface area contributed by atoms with E-state index in [2.05, 4.69) is 49.6 Å². The van der Waals surface area contributed by atoms with E-state index in [-0.39, 0.29) is 23.7 Å². The minimum absolute atomic E-state index is 0. The topological polar surface area (TPSA) is 41.1 Å². The second-order valence-electron chi connectivity index (χ2n) is 5.91. The minimum Gasteiger partial charge on any atom is -0.352 e. The molecule has 112 valence electrons. The maximum atomic E-state index is 12.3. The molecule has 1 heterocycles. The van der Waals surface area contributed by atoms with Crippen LogP contribution in [0.15, 0.2) is 18.2 Å². The number of aryl methyl sites for hydroxylation is 2. The van der Waals surface area contributed by atoms with Crippen LogP contribution < -0.4 is 10.6 Å². The van der Waals surface area contributed by atoms with Crippen LogP contribution in [0.25, 0.3) is 0 Å². The highest BCUT2D eigenvalue weighted by molar-refractivity contribution is 5.85. The molecule has 0 aromatic heterocycles. The average Bonchev–Trinajstić information content (AvgIpc) is 2.40. The van der Waals surface area contributed by atoms with Crippen molar-refractivity contribution in [3.8, 4) is 0 Å². The highest BCUT2D eigenvalue weighted by atomic mass is 35.5. The molecular formula is C16H25ClN2O. The van der Waals surface area contributed by atoms with Gasteiger partial charge in [0.15, 0.2) is 0 Å². The lowest BCUT2D eigenvalue weighted by Crippen LogP contribution is -2.45. The molecule has 1 aromatic rings. The summed E-state index contributed by atoms with van der Waals surface area (Å²) in [6.07, 6.45) is 1.84. The molecule has 1 aliphatic heterocycles. The lowest BCUT2D eigenvalue weighted by Gasteiger charge is -2.32. The highest BCUT2D eigenvalue weighted by Gasteiger charge is 2.34. The summed E-state index contributed by atoms with van der Waals surface area (Å²) in [5.41, 5.74) is 3.54. The van der Waals surface area contributed by atoms with E-state index in [0.717, 1.165) is 25.9 Å². The molecule has 2 rings (SSSR count). The van der Waals surface area contributed by atoms with Crippen molar-refractivity contribution in [1.82, 2.24) is 10.6 Å². The molecule has 0 saturated carbocycles. The third-order valence-electron chi connectivity index (χ3n) is 4.28. The number of carbonyl (C=O) groups is 1. The highest BCUT2D eigenvalue weighted by Crippen LogP contribution is 2.28. The van der Waals surface area contributed by atoms with Crippen LogP contribution in [0.3, 0.4) is 0 Å². The number of piperidine rings is 1. The predicted molar refractivity (Wildman–Crippen MR) is 85.2 cm³/mol. The molecule has 0 bridgehead atoms. The van der Waals surface area contributed by atoms with Gasteiger partial charge in [0.2, 0.25) is 5.91 Å². The van der Waals surface area contributed by atoms with Crippen LogP contribution in [0.4, 0.5) is 0 Å². The van der Waals surface area contributed by atoms with Crippen LogP contribution >= 0.6 is 12.4 Å². The Labute approximate surface area is 127 Å². The maximum absolute atomic E-state index is 12.3. The van der Waals surface area contributed by atoms with Crippen LogP contribution in [-0.2, 0) is 11.3 Å². The lowest BCUT2D eigenvalue weighted by molar-refractivity contribution is -0.131. The first-order chi connectivity index (χ1) is 9.01. The van der Waals surface area contributed by atoms with E-state index >= 15 is 0 Å². The summed E-state index contributed by atoms with van der Waals surface area (Å²) in [7, 11) is 0. The van der Waals surface area contributed by atoms with Crippen LogP contribution in [0.1, 0.15) is 36.5 Å². The number of carbonyl (C=O) groups excluding carboxylic acids is 1. The number of nitrogens with one attached hydrogen (secondary N) is 2. The van der Waals surface area contributed by atoms with E-state index in [1.54, 1.807) is 0 Å². The summed E-state index contributed by atoms with van der Waals surface area (Å²) in [6, 6.07) is 6.36. The monoisotopic (exact) mass is 296 g/mol. The maximum Gasteiger partial charge on any atom is 0.226 e. The van der Waals surface area contributed by atoms with Gasteiger partial charge in [-0.1, -0.05) is 25.1 Å². The molecule has 0 unspecified atom stereocenters. The van der Waals surface area contributed by atoms with E-state index in [0.29, 0.717) is 6.54 Å². The predicted octanol–water partition coefficient (Wildman–Crippen LogP) is 2.73. The molecule has 0 spiro atoms. The van der Waals surface area contributed by atoms with E-state index in [1.165, 1.54) is 16.7 Å². The number of amides is 1. The summed E-state index contributed by atoms with van der Waals surface area (Å²) >= 11 is 0. The molecule has 0 atom stereocenters.